The van der Waals surface area contributed by atoms with Crippen LogP contribution in [-0.2, 0) is 0 Å². The Labute approximate surface area is 180 Å². The zero-order chi connectivity index (χ0) is 21.5. The Morgan fingerprint density at radius 1 is 1.06 bits per heavy atom. The second kappa shape index (κ2) is 7.37. The minimum atomic E-state index is -0.577. The molecule has 1 N–H and O–H groups in total. The van der Waals surface area contributed by atoms with E-state index in [0.717, 1.165) is 21.1 Å². The highest BCUT2D eigenvalue weighted by Crippen LogP contribution is 2.32. The van der Waals surface area contributed by atoms with E-state index in [1.165, 1.54) is 6.20 Å². The lowest BCUT2D eigenvalue weighted by atomic mass is 10.0. The molecule has 0 atom stereocenters. The van der Waals surface area contributed by atoms with Gasteiger partial charge in [-0.15, -0.1) is 0 Å². The van der Waals surface area contributed by atoms with E-state index in [1.54, 1.807) is 62.0 Å². The third-order valence-electron chi connectivity index (χ3n) is 5.12. The summed E-state index contributed by atoms with van der Waals surface area (Å²) in [5.41, 5.74) is 1.70. The zero-order valence-corrected chi connectivity index (χ0v) is 17.1. The molecule has 2 aromatic carbocycles. The van der Waals surface area contributed by atoms with Crippen LogP contribution in [0.4, 0.5) is 0 Å². The summed E-state index contributed by atoms with van der Waals surface area (Å²) in [6.07, 6.45) is 4.70. The average Bonchev–Trinajstić information content (AvgIpc) is 2.79. The van der Waals surface area contributed by atoms with Crippen LogP contribution in [0, 0.1) is 0 Å². The maximum Gasteiger partial charge on any atom is 0.333 e. The van der Waals surface area contributed by atoms with Crippen molar-refractivity contribution < 1.29 is 4.74 Å². The summed E-state index contributed by atoms with van der Waals surface area (Å²) in [4.78, 5) is 37.4. The van der Waals surface area contributed by atoms with Gasteiger partial charge in [0.05, 0.1) is 35.4 Å². The van der Waals surface area contributed by atoms with Crippen molar-refractivity contribution in [2.45, 2.75) is 0 Å². The van der Waals surface area contributed by atoms with Gasteiger partial charge in [0, 0.05) is 28.4 Å². The monoisotopic (exact) mass is 430 g/mol. The van der Waals surface area contributed by atoms with Crippen LogP contribution in [-0.4, -0.2) is 26.6 Å². The molecular formula is C23H15ClN4O3. The number of nitrogens with one attached hydrogen (secondary N) is 1. The quantitative estimate of drug-likeness (QED) is 0.468. The first-order valence-electron chi connectivity index (χ1n) is 9.39. The van der Waals surface area contributed by atoms with E-state index in [9.17, 15) is 9.59 Å². The molecule has 5 aromatic rings. The lowest BCUT2D eigenvalue weighted by molar-refractivity contribution is 0.415. The molecule has 7 nitrogen and oxygen atoms in total. The molecular weight excluding hydrogens is 416 g/mol. The van der Waals surface area contributed by atoms with Crippen molar-refractivity contribution in [3.63, 3.8) is 0 Å². The van der Waals surface area contributed by atoms with Gasteiger partial charge in [-0.1, -0.05) is 17.7 Å². The van der Waals surface area contributed by atoms with Gasteiger partial charge in [-0.2, -0.15) is 0 Å². The van der Waals surface area contributed by atoms with E-state index in [2.05, 4.69) is 15.0 Å². The highest BCUT2D eigenvalue weighted by atomic mass is 35.5. The summed E-state index contributed by atoms with van der Waals surface area (Å²) in [5, 5.41) is 1.62. The molecule has 5 rings (SSSR count). The molecule has 0 saturated heterocycles. The number of aromatic amines is 1. The number of hydrogen-bond donors (Lipinski definition) is 1. The predicted octanol–water partition coefficient (Wildman–Crippen LogP) is 3.95. The second-order valence-electron chi connectivity index (χ2n) is 6.91. The largest absolute Gasteiger partial charge is 0.497 e. The number of methoxy groups -OCH3 is 1. The fourth-order valence-corrected chi connectivity index (χ4v) is 3.83. The van der Waals surface area contributed by atoms with E-state index >= 15 is 0 Å². The van der Waals surface area contributed by atoms with Crippen LogP contribution in [0.25, 0.3) is 38.6 Å². The smallest absolute Gasteiger partial charge is 0.333 e. The van der Waals surface area contributed by atoms with Crippen molar-refractivity contribution in [1.29, 1.82) is 0 Å². The topological polar surface area (TPSA) is 89.9 Å². The Balaban J connectivity index is 1.74. The van der Waals surface area contributed by atoms with Gasteiger partial charge in [0.15, 0.2) is 0 Å². The number of rotatable bonds is 3. The minimum Gasteiger partial charge on any atom is -0.497 e. The highest BCUT2D eigenvalue weighted by Gasteiger charge is 2.15. The number of nitrogens with zero attached hydrogens (tertiary/aromatic N) is 3. The van der Waals surface area contributed by atoms with E-state index in [1.807, 2.05) is 6.07 Å². The van der Waals surface area contributed by atoms with Gasteiger partial charge in [0.25, 0.3) is 5.56 Å². The molecule has 3 heterocycles. The molecule has 0 bridgehead atoms. The summed E-state index contributed by atoms with van der Waals surface area (Å²) >= 11 is 6.35. The molecule has 0 aliphatic carbocycles. The van der Waals surface area contributed by atoms with E-state index < -0.39 is 11.2 Å². The van der Waals surface area contributed by atoms with Crippen LogP contribution in [0.15, 0.2) is 76.7 Å². The second-order valence-corrected chi connectivity index (χ2v) is 7.32. The number of halogens is 1. The summed E-state index contributed by atoms with van der Waals surface area (Å²) in [6, 6.07) is 14.1. The van der Waals surface area contributed by atoms with Gasteiger partial charge in [-0.3, -0.25) is 14.8 Å². The standard InChI is InChI=1S/C23H15ClN4O3/c1-31-15-5-7-18(24)17(10-15)13-4-6-16-19(9-13)27-23(30)28(22(16)29)20-12-25-11-14-3-2-8-26-21(14)20/h2-12H,1H3,(H,27,30). The first-order chi connectivity index (χ1) is 15.1. The average molecular weight is 431 g/mol. The Kier molecular flexibility index (Phi) is 4.52. The molecule has 3 aromatic heterocycles. The van der Waals surface area contributed by atoms with Crippen molar-refractivity contribution in [3.8, 4) is 22.6 Å². The molecule has 8 heteroatoms. The maximum absolute atomic E-state index is 13.2. The van der Waals surface area contributed by atoms with Crippen LogP contribution in [0.2, 0.25) is 5.02 Å². The lowest BCUT2D eigenvalue weighted by Gasteiger charge is -2.11. The minimum absolute atomic E-state index is 0.325. The van der Waals surface area contributed by atoms with E-state index in [4.69, 9.17) is 16.3 Å². The Bertz CT molecular complexity index is 1580. The molecule has 0 amide bonds. The van der Waals surface area contributed by atoms with Gasteiger partial charge in [-0.05, 0) is 48.0 Å². The predicted molar refractivity (Wildman–Crippen MR) is 120 cm³/mol. The molecule has 31 heavy (non-hydrogen) atoms. The Morgan fingerprint density at radius 3 is 2.77 bits per heavy atom. The zero-order valence-electron chi connectivity index (χ0n) is 16.3. The highest BCUT2D eigenvalue weighted by molar-refractivity contribution is 6.33. The Hall–Kier alpha value is -3.97. The number of ether oxygens (including phenoxy) is 1. The summed E-state index contributed by atoms with van der Waals surface area (Å²) in [6.45, 7) is 0. The molecule has 0 saturated carbocycles. The van der Waals surface area contributed by atoms with Gasteiger partial charge >= 0.3 is 5.69 Å². The van der Waals surface area contributed by atoms with Crippen LogP contribution in [0.1, 0.15) is 0 Å². The third kappa shape index (κ3) is 3.15. The summed E-state index contributed by atoms with van der Waals surface area (Å²) in [7, 11) is 1.57. The number of fused-ring (bicyclic) bond motifs is 2. The maximum atomic E-state index is 13.2. The van der Waals surface area contributed by atoms with Crippen molar-refractivity contribution in [3.05, 3.63) is 93.0 Å². The fourth-order valence-electron chi connectivity index (χ4n) is 3.61. The molecule has 0 unspecified atom stereocenters. The normalized spacial score (nSPS) is 11.2. The van der Waals surface area contributed by atoms with Crippen LogP contribution >= 0.6 is 11.6 Å². The first kappa shape index (κ1) is 19.0. The number of H-pyrrole nitrogens is 1. The van der Waals surface area contributed by atoms with E-state index in [-0.39, 0.29) is 0 Å². The number of hydrogen-bond acceptors (Lipinski definition) is 5. The SMILES string of the molecule is COc1ccc(Cl)c(-c2ccc3c(=O)n(-c4cncc5cccnc45)c(=O)[nH]c3c2)c1. The van der Waals surface area contributed by atoms with Crippen LogP contribution in [0.5, 0.6) is 5.75 Å². The van der Waals surface area contributed by atoms with Crippen molar-refractivity contribution in [2.75, 3.05) is 7.11 Å². The number of aromatic nitrogens is 4. The van der Waals surface area contributed by atoms with Crippen LogP contribution in [0.3, 0.4) is 0 Å². The molecule has 0 spiro atoms. The molecule has 0 aliphatic heterocycles. The molecule has 0 fully saturated rings. The van der Waals surface area contributed by atoms with Crippen molar-refractivity contribution in [2.24, 2.45) is 0 Å². The Morgan fingerprint density at radius 2 is 1.94 bits per heavy atom. The number of benzene rings is 2. The molecule has 0 aliphatic rings. The lowest BCUT2D eigenvalue weighted by Crippen LogP contribution is -2.33. The summed E-state index contributed by atoms with van der Waals surface area (Å²) < 4.78 is 6.33. The molecule has 0 radical (unpaired) electrons. The van der Waals surface area contributed by atoms with Gasteiger partial charge in [0.1, 0.15) is 5.75 Å². The van der Waals surface area contributed by atoms with Crippen molar-refractivity contribution >= 4 is 33.4 Å². The molecule has 152 valence electrons. The van der Waals surface area contributed by atoms with E-state index in [0.29, 0.717) is 32.9 Å². The van der Waals surface area contributed by atoms with Gasteiger partial charge < -0.3 is 9.72 Å². The number of pyridine rings is 2. The fraction of sp³-hybridized carbons (Fsp3) is 0.0435. The van der Waals surface area contributed by atoms with Gasteiger partial charge in [-0.25, -0.2) is 9.36 Å². The van der Waals surface area contributed by atoms with Crippen molar-refractivity contribution in [1.82, 2.24) is 19.5 Å². The third-order valence-corrected chi connectivity index (χ3v) is 5.44. The van der Waals surface area contributed by atoms with Gasteiger partial charge in [0.2, 0.25) is 0 Å². The summed E-state index contributed by atoms with van der Waals surface area (Å²) in [5.74, 6) is 0.652. The first-order valence-corrected chi connectivity index (χ1v) is 9.77. The van der Waals surface area contributed by atoms with Crippen LogP contribution < -0.4 is 16.0 Å².